The van der Waals surface area contributed by atoms with E-state index in [1.807, 2.05) is 0 Å². The van der Waals surface area contributed by atoms with Crippen molar-refractivity contribution in [2.75, 3.05) is 0 Å². The molecule has 0 amide bonds. The van der Waals surface area contributed by atoms with Gasteiger partial charge in [0.2, 0.25) is 0 Å². The molecule has 0 radical (unpaired) electrons. The number of fused-ring (bicyclic) bond motifs is 1. The van der Waals surface area contributed by atoms with Gasteiger partial charge in [-0.1, -0.05) is 0 Å². The maximum atomic E-state index is 2.43. The summed E-state index contributed by atoms with van der Waals surface area (Å²) in [5.41, 5.74) is 6.67. The summed E-state index contributed by atoms with van der Waals surface area (Å²) in [6.45, 7) is 9.58. The van der Waals surface area contributed by atoms with E-state index in [-0.39, 0.29) is 37.7 Å². The third-order valence-corrected chi connectivity index (χ3v) is 20.6. The van der Waals surface area contributed by atoms with Gasteiger partial charge in [0.15, 0.2) is 0 Å². The normalized spacial score (nSPS) is 16.4. The Morgan fingerprint density at radius 2 is 1.65 bits per heavy atom. The fourth-order valence-corrected chi connectivity index (χ4v) is 16.4. The van der Waals surface area contributed by atoms with Crippen LogP contribution in [-0.4, -0.2) is 5.92 Å². The van der Waals surface area contributed by atoms with Gasteiger partial charge in [0.05, 0.1) is 0 Å². The molecule has 0 aromatic heterocycles. The maximum Gasteiger partial charge on any atom is -1.00 e. The van der Waals surface area contributed by atoms with E-state index in [0.717, 1.165) is 3.63 Å². The zero-order chi connectivity index (χ0) is 13.1. The van der Waals surface area contributed by atoms with Gasteiger partial charge in [0.25, 0.3) is 0 Å². The van der Waals surface area contributed by atoms with Crippen molar-refractivity contribution in [2.24, 2.45) is 0 Å². The van der Waals surface area contributed by atoms with Gasteiger partial charge < -0.3 is 9.41 Å². The smallest absolute Gasteiger partial charge is 1.00 e. The summed E-state index contributed by atoms with van der Waals surface area (Å²) >= 11 is -0.228. The first-order valence-corrected chi connectivity index (χ1v) is 15.2. The van der Waals surface area contributed by atoms with Crippen LogP contribution in [-0.2, 0) is 22.4 Å². The number of allylic oxidation sites excluding steroid dienone is 2. The standard InChI is InChI=1S/C12H13.C4H11Si.2FH.Zr/c1-3-10-8-11-6-4-5-7-12(11)9(10)2;1-3-5-4-2;;;/h4-8H,3H2,1-2H3;5H,3-4H2,1-2H3;2*1H;/q;;;;+2/p-2. The Labute approximate surface area is 133 Å². The Kier molecular flexibility index (Phi) is 9.01. The minimum Gasteiger partial charge on any atom is -1.00 e. The first kappa shape index (κ1) is 19.9. The molecule has 1 aliphatic rings. The van der Waals surface area contributed by atoms with Gasteiger partial charge in [-0.05, 0) is 0 Å². The molecule has 0 fully saturated rings. The zero-order valence-corrected chi connectivity index (χ0v) is 16.5. The molecule has 0 nitrogen and oxygen atoms in total. The van der Waals surface area contributed by atoms with Crippen LogP contribution in [0.2, 0.25) is 12.1 Å². The van der Waals surface area contributed by atoms with Crippen LogP contribution >= 0.6 is 0 Å². The van der Waals surface area contributed by atoms with Gasteiger partial charge >= 0.3 is 125 Å². The number of hydrogen-bond acceptors (Lipinski definition) is 0. The Morgan fingerprint density at radius 3 is 2.20 bits per heavy atom. The van der Waals surface area contributed by atoms with Crippen molar-refractivity contribution >= 4 is 11.5 Å². The molecule has 0 saturated heterocycles. The monoisotopic (exact) mass is 372 g/mol. The Hall–Kier alpha value is -0.0800. The SMILES string of the molecule is CCC1=C(C)c2ccccc2[CH]1[Zr+2][SiH](CC)CC.[F-].[F-]. The van der Waals surface area contributed by atoms with Gasteiger partial charge in [0, 0.05) is 0 Å². The second kappa shape index (κ2) is 9.04. The van der Waals surface area contributed by atoms with Crippen LogP contribution in [0.15, 0.2) is 29.8 Å². The van der Waals surface area contributed by atoms with Crippen LogP contribution in [0.5, 0.6) is 0 Å². The molecule has 110 valence electrons. The quantitative estimate of drug-likeness (QED) is 0.568. The van der Waals surface area contributed by atoms with Crippen LogP contribution in [0.1, 0.15) is 48.9 Å². The van der Waals surface area contributed by atoms with Crippen LogP contribution in [0.3, 0.4) is 0 Å². The van der Waals surface area contributed by atoms with E-state index in [2.05, 4.69) is 52.0 Å². The minimum atomic E-state index is -0.348. The average molecular weight is 374 g/mol. The molecule has 4 heteroatoms. The predicted molar refractivity (Wildman–Crippen MR) is 80.2 cm³/mol. The van der Waals surface area contributed by atoms with Crippen LogP contribution in [0.25, 0.3) is 5.57 Å². The molecular weight excluding hydrogens is 349 g/mol. The van der Waals surface area contributed by atoms with Gasteiger partial charge in [-0.3, -0.25) is 0 Å². The summed E-state index contributed by atoms with van der Waals surface area (Å²) in [4.78, 5) is 0. The molecule has 1 unspecified atom stereocenters. The summed E-state index contributed by atoms with van der Waals surface area (Å²) < 4.78 is 0.923. The maximum absolute atomic E-state index is 2.43. The van der Waals surface area contributed by atoms with E-state index in [0.29, 0.717) is 0 Å². The molecule has 0 N–H and O–H groups in total. The molecule has 0 bridgehead atoms. The van der Waals surface area contributed by atoms with Crippen LogP contribution in [0.4, 0.5) is 0 Å². The fourth-order valence-electron chi connectivity index (χ4n) is 3.09. The van der Waals surface area contributed by atoms with Crippen molar-refractivity contribution < 1.29 is 31.8 Å². The van der Waals surface area contributed by atoms with Gasteiger partial charge in [-0.2, -0.15) is 0 Å². The summed E-state index contributed by atoms with van der Waals surface area (Å²) in [6.07, 6.45) is 1.26. The van der Waals surface area contributed by atoms with Crippen molar-refractivity contribution in [3.8, 4) is 0 Å². The largest absolute Gasteiger partial charge is 1.00 e. The summed E-state index contributed by atoms with van der Waals surface area (Å²) in [7, 11) is 0. The molecule has 0 spiro atoms. The van der Waals surface area contributed by atoms with Crippen LogP contribution in [0, 0.1) is 0 Å². The molecule has 1 aromatic carbocycles. The van der Waals surface area contributed by atoms with Crippen molar-refractivity contribution in [1.82, 2.24) is 0 Å². The fraction of sp³-hybridized carbons (Fsp3) is 0.500. The van der Waals surface area contributed by atoms with E-state index < -0.39 is 0 Å². The van der Waals surface area contributed by atoms with Crippen molar-refractivity contribution in [3.63, 3.8) is 0 Å². The van der Waals surface area contributed by atoms with E-state index >= 15 is 0 Å². The molecule has 0 saturated carbocycles. The number of benzene rings is 1. The predicted octanol–water partition coefficient (Wildman–Crippen LogP) is -1.22. The Bertz CT molecular complexity index is 456. The third-order valence-electron chi connectivity index (χ3n) is 4.27. The average Bonchev–Trinajstić information content (AvgIpc) is 2.69. The second-order valence-corrected chi connectivity index (χ2v) is 18.5. The molecule has 2 rings (SSSR count). The first-order valence-electron chi connectivity index (χ1n) is 7.27. The topological polar surface area (TPSA) is 0 Å². The molecule has 1 aliphatic carbocycles. The minimum absolute atomic E-state index is 0. The van der Waals surface area contributed by atoms with Gasteiger partial charge in [0.1, 0.15) is 0 Å². The van der Waals surface area contributed by atoms with Crippen molar-refractivity contribution in [3.05, 3.63) is 41.0 Å². The summed E-state index contributed by atoms with van der Waals surface area (Å²) in [5, 5.41) is 0. The Morgan fingerprint density at radius 1 is 1.05 bits per heavy atom. The molecule has 0 aliphatic heterocycles. The molecule has 0 heterocycles. The van der Waals surface area contributed by atoms with Gasteiger partial charge in [-0.15, -0.1) is 0 Å². The zero-order valence-electron chi connectivity index (χ0n) is 12.8. The molecular formula is C16H24F2SiZr. The second-order valence-electron chi connectivity index (χ2n) is 5.20. The molecule has 1 aromatic rings. The summed E-state index contributed by atoms with van der Waals surface area (Å²) in [5.74, 6) is -0.348. The van der Waals surface area contributed by atoms with Crippen molar-refractivity contribution in [1.29, 1.82) is 0 Å². The van der Waals surface area contributed by atoms with Crippen LogP contribution < -0.4 is 9.41 Å². The van der Waals surface area contributed by atoms with Crippen molar-refractivity contribution in [2.45, 2.75) is 49.8 Å². The molecule has 20 heavy (non-hydrogen) atoms. The third kappa shape index (κ3) is 3.76. The molecule has 1 atom stereocenters. The van der Waals surface area contributed by atoms with E-state index in [1.54, 1.807) is 22.3 Å². The van der Waals surface area contributed by atoms with E-state index in [1.165, 1.54) is 18.5 Å². The van der Waals surface area contributed by atoms with E-state index in [9.17, 15) is 0 Å². The number of rotatable bonds is 5. The number of hydrogen-bond donors (Lipinski definition) is 0. The van der Waals surface area contributed by atoms with Gasteiger partial charge in [-0.25, -0.2) is 0 Å². The first-order chi connectivity index (χ1) is 8.72. The summed E-state index contributed by atoms with van der Waals surface area (Å²) in [6, 6.07) is 12.2. The Balaban J connectivity index is 0.00000180. The number of halogens is 2. The van der Waals surface area contributed by atoms with E-state index in [4.69, 9.17) is 0 Å².